The molecule has 1 aliphatic heterocycles. The SMILES string of the molecule is CCC1CCCN(Cc2ccc(C#N)cc2Cl)CC1. The van der Waals surface area contributed by atoms with Gasteiger partial charge in [0.25, 0.3) is 0 Å². The molecule has 2 rings (SSSR count). The molecule has 1 aromatic rings. The lowest BCUT2D eigenvalue weighted by molar-refractivity contribution is 0.272. The van der Waals surface area contributed by atoms with Crippen LogP contribution in [-0.4, -0.2) is 18.0 Å². The van der Waals surface area contributed by atoms with Crippen molar-refractivity contribution < 1.29 is 0 Å². The third-order valence-corrected chi connectivity index (χ3v) is 4.45. The summed E-state index contributed by atoms with van der Waals surface area (Å²) in [6, 6.07) is 7.74. The first-order valence-electron chi connectivity index (χ1n) is 7.13. The number of rotatable bonds is 3. The molecule has 0 saturated carbocycles. The first kappa shape index (κ1) is 14.4. The monoisotopic (exact) mass is 276 g/mol. The topological polar surface area (TPSA) is 27.0 Å². The van der Waals surface area contributed by atoms with Gasteiger partial charge in [-0.2, -0.15) is 5.26 Å². The molecule has 1 aliphatic rings. The molecule has 0 amide bonds. The minimum absolute atomic E-state index is 0.635. The molecule has 102 valence electrons. The van der Waals surface area contributed by atoms with Crippen molar-refractivity contribution >= 4 is 11.6 Å². The summed E-state index contributed by atoms with van der Waals surface area (Å²) in [7, 11) is 0. The lowest BCUT2D eigenvalue weighted by Crippen LogP contribution is -2.24. The second-order valence-electron chi connectivity index (χ2n) is 5.40. The average Bonchev–Trinajstić information content (AvgIpc) is 2.66. The Morgan fingerprint density at radius 2 is 2.21 bits per heavy atom. The third kappa shape index (κ3) is 3.96. The van der Waals surface area contributed by atoms with Crippen molar-refractivity contribution in [3.8, 4) is 6.07 Å². The van der Waals surface area contributed by atoms with Crippen molar-refractivity contribution in [2.45, 2.75) is 39.2 Å². The molecule has 1 aromatic carbocycles. The molecule has 0 aliphatic carbocycles. The van der Waals surface area contributed by atoms with Gasteiger partial charge in [0, 0.05) is 11.6 Å². The highest BCUT2D eigenvalue weighted by atomic mass is 35.5. The number of nitriles is 1. The minimum atomic E-state index is 0.635. The van der Waals surface area contributed by atoms with Gasteiger partial charge < -0.3 is 0 Å². The van der Waals surface area contributed by atoms with Crippen molar-refractivity contribution in [3.05, 3.63) is 34.3 Å². The summed E-state index contributed by atoms with van der Waals surface area (Å²) in [5.74, 6) is 0.890. The Balaban J connectivity index is 1.99. The van der Waals surface area contributed by atoms with Gasteiger partial charge in [0.1, 0.15) is 0 Å². The minimum Gasteiger partial charge on any atom is -0.299 e. The van der Waals surface area contributed by atoms with Crippen molar-refractivity contribution in [2.75, 3.05) is 13.1 Å². The van der Waals surface area contributed by atoms with E-state index in [-0.39, 0.29) is 0 Å². The number of hydrogen-bond acceptors (Lipinski definition) is 2. The molecule has 0 spiro atoms. The number of hydrogen-bond donors (Lipinski definition) is 0. The Labute approximate surface area is 121 Å². The summed E-state index contributed by atoms with van der Waals surface area (Å²) in [5.41, 5.74) is 1.77. The smallest absolute Gasteiger partial charge is 0.0992 e. The van der Waals surface area contributed by atoms with E-state index < -0.39 is 0 Å². The maximum absolute atomic E-state index is 8.85. The Bertz CT molecular complexity index is 464. The van der Waals surface area contributed by atoms with Gasteiger partial charge in [-0.25, -0.2) is 0 Å². The average molecular weight is 277 g/mol. The van der Waals surface area contributed by atoms with E-state index >= 15 is 0 Å². The Morgan fingerprint density at radius 1 is 1.37 bits per heavy atom. The maximum Gasteiger partial charge on any atom is 0.0992 e. The van der Waals surface area contributed by atoms with Gasteiger partial charge in [-0.3, -0.25) is 4.90 Å². The molecule has 1 heterocycles. The van der Waals surface area contributed by atoms with Crippen LogP contribution in [0.1, 0.15) is 43.7 Å². The van der Waals surface area contributed by atoms with Crippen molar-refractivity contribution in [3.63, 3.8) is 0 Å². The number of nitrogens with zero attached hydrogens (tertiary/aromatic N) is 2. The van der Waals surface area contributed by atoms with Crippen molar-refractivity contribution in [2.24, 2.45) is 5.92 Å². The van der Waals surface area contributed by atoms with Gasteiger partial charge >= 0.3 is 0 Å². The summed E-state index contributed by atoms with van der Waals surface area (Å²) in [6.07, 6.45) is 5.23. The summed E-state index contributed by atoms with van der Waals surface area (Å²) in [6.45, 7) is 5.51. The second kappa shape index (κ2) is 6.93. The molecule has 1 unspecified atom stereocenters. The summed E-state index contributed by atoms with van der Waals surface area (Å²) in [4.78, 5) is 2.49. The van der Waals surface area contributed by atoms with Crippen LogP contribution >= 0.6 is 11.6 Å². The van der Waals surface area contributed by atoms with Crippen LogP contribution in [0.5, 0.6) is 0 Å². The Hall–Kier alpha value is -1.04. The van der Waals surface area contributed by atoms with Gasteiger partial charge in [0.05, 0.1) is 11.6 Å². The Kier molecular flexibility index (Phi) is 5.24. The fraction of sp³-hybridized carbons (Fsp3) is 0.562. The Morgan fingerprint density at radius 3 is 2.89 bits per heavy atom. The van der Waals surface area contributed by atoms with E-state index in [9.17, 15) is 0 Å². The van der Waals surface area contributed by atoms with Crippen LogP contribution in [0.3, 0.4) is 0 Å². The highest BCUT2D eigenvalue weighted by Gasteiger charge is 2.16. The molecule has 0 radical (unpaired) electrons. The van der Waals surface area contributed by atoms with E-state index in [1.165, 1.54) is 25.7 Å². The predicted molar refractivity (Wildman–Crippen MR) is 79.1 cm³/mol. The van der Waals surface area contributed by atoms with Crippen LogP contribution in [0, 0.1) is 17.2 Å². The molecule has 0 N–H and O–H groups in total. The van der Waals surface area contributed by atoms with E-state index in [4.69, 9.17) is 16.9 Å². The molecular formula is C16H21ClN2. The lowest BCUT2D eigenvalue weighted by Gasteiger charge is -2.20. The van der Waals surface area contributed by atoms with Crippen LogP contribution in [0.2, 0.25) is 5.02 Å². The van der Waals surface area contributed by atoms with Crippen molar-refractivity contribution in [1.29, 1.82) is 5.26 Å². The van der Waals surface area contributed by atoms with E-state index in [1.807, 2.05) is 12.1 Å². The third-order valence-electron chi connectivity index (χ3n) is 4.09. The molecule has 2 nitrogen and oxygen atoms in total. The van der Waals surface area contributed by atoms with E-state index in [0.717, 1.165) is 36.1 Å². The standard InChI is InChI=1S/C16H21ClN2/c1-2-13-4-3-8-19(9-7-13)12-15-6-5-14(11-18)10-16(15)17/h5-6,10,13H,2-4,7-9,12H2,1H3. The molecule has 3 heteroatoms. The molecular weight excluding hydrogens is 256 g/mol. The van der Waals surface area contributed by atoms with Gasteiger partial charge in [-0.1, -0.05) is 31.0 Å². The molecule has 1 saturated heterocycles. The maximum atomic E-state index is 8.85. The zero-order chi connectivity index (χ0) is 13.7. The first-order chi connectivity index (χ1) is 9.22. The fourth-order valence-corrected chi connectivity index (χ4v) is 3.02. The summed E-state index contributed by atoms with van der Waals surface area (Å²) in [5, 5.41) is 9.57. The zero-order valence-corrected chi connectivity index (χ0v) is 12.3. The number of benzene rings is 1. The van der Waals surface area contributed by atoms with E-state index in [2.05, 4.69) is 17.9 Å². The van der Waals surface area contributed by atoms with E-state index in [0.29, 0.717) is 5.56 Å². The fourth-order valence-electron chi connectivity index (χ4n) is 2.78. The van der Waals surface area contributed by atoms with Gasteiger partial charge in [-0.05, 0) is 56.0 Å². The highest BCUT2D eigenvalue weighted by molar-refractivity contribution is 6.31. The van der Waals surface area contributed by atoms with E-state index in [1.54, 1.807) is 6.07 Å². The quantitative estimate of drug-likeness (QED) is 0.826. The van der Waals surface area contributed by atoms with Crippen LogP contribution in [0.15, 0.2) is 18.2 Å². The van der Waals surface area contributed by atoms with Gasteiger partial charge in [-0.15, -0.1) is 0 Å². The zero-order valence-electron chi connectivity index (χ0n) is 11.5. The lowest BCUT2D eigenvalue weighted by atomic mass is 9.98. The number of likely N-dealkylation sites (tertiary alicyclic amines) is 1. The van der Waals surface area contributed by atoms with Crippen molar-refractivity contribution in [1.82, 2.24) is 4.90 Å². The molecule has 0 aromatic heterocycles. The van der Waals surface area contributed by atoms with Crippen LogP contribution < -0.4 is 0 Å². The molecule has 1 atom stereocenters. The predicted octanol–water partition coefficient (Wildman–Crippen LogP) is 4.22. The summed E-state index contributed by atoms with van der Waals surface area (Å²) < 4.78 is 0. The second-order valence-corrected chi connectivity index (χ2v) is 5.81. The summed E-state index contributed by atoms with van der Waals surface area (Å²) >= 11 is 6.25. The number of halogens is 1. The largest absolute Gasteiger partial charge is 0.299 e. The highest BCUT2D eigenvalue weighted by Crippen LogP contribution is 2.24. The molecule has 0 bridgehead atoms. The first-order valence-corrected chi connectivity index (χ1v) is 7.51. The van der Waals surface area contributed by atoms with Crippen LogP contribution in [-0.2, 0) is 6.54 Å². The molecule has 1 fully saturated rings. The van der Waals surface area contributed by atoms with Crippen LogP contribution in [0.4, 0.5) is 0 Å². The van der Waals surface area contributed by atoms with Crippen LogP contribution in [0.25, 0.3) is 0 Å². The molecule has 19 heavy (non-hydrogen) atoms. The normalized spacial score (nSPS) is 20.8. The van der Waals surface area contributed by atoms with Gasteiger partial charge in [0.2, 0.25) is 0 Å². The van der Waals surface area contributed by atoms with Gasteiger partial charge in [0.15, 0.2) is 0 Å².